The monoisotopic (exact) mass is 302 g/mol. The Hall–Kier alpha value is -2.33. The van der Waals surface area contributed by atoms with E-state index in [9.17, 15) is 9.59 Å². The Morgan fingerprint density at radius 1 is 0.905 bits per heavy atom. The van der Waals surface area contributed by atoms with Crippen LogP contribution in [0, 0.1) is 0 Å². The van der Waals surface area contributed by atoms with Crippen LogP contribution in [-0.4, -0.2) is 11.8 Å². The molecular formula is C16H15ClN2O2. The maximum atomic E-state index is 12.1. The van der Waals surface area contributed by atoms with Crippen LogP contribution in [0.4, 0.5) is 11.4 Å². The molecule has 0 saturated carbocycles. The van der Waals surface area contributed by atoms with Crippen LogP contribution < -0.4 is 10.6 Å². The van der Waals surface area contributed by atoms with Crippen LogP contribution in [0.3, 0.4) is 0 Å². The number of nitrogens with one attached hydrogen (secondary N) is 2. The maximum absolute atomic E-state index is 12.1. The first-order valence-electron chi connectivity index (χ1n) is 6.44. The summed E-state index contributed by atoms with van der Waals surface area (Å²) < 4.78 is 0. The SMILES string of the molecule is CC(=O)Nc1ccc(NC(=O)[C@H](Cl)c2ccccc2)cc1. The fraction of sp³-hybridized carbons (Fsp3) is 0.125. The number of rotatable bonds is 4. The third-order valence-corrected chi connectivity index (χ3v) is 3.25. The summed E-state index contributed by atoms with van der Waals surface area (Å²) in [6, 6.07) is 16.0. The molecule has 2 aromatic rings. The molecule has 0 fully saturated rings. The van der Waals surface area contributed by atoms with Gasteiger partial charge in [0.15, 0.2) is 0 Å². The highest BCUT2D eigenvalue weighted by Crippen LogP contribution is 2.22. The molecule has 0 aromatic heterocycles. The molecule has 0 heterocycles. The van der Waals surface area contributed by atoms with Crippen LogP contribution in [0.25, 0.3) is 0 Å². The number of amides is 2. The molecule has 0 bridgehead atoms. The van der Waals surface area contributed by atoms with Gasteiger partial charge in [-0.2, -0.15) is 0 Å². The molecule has 4 nitrogen and oxygen atoms in total. The van der Waals surface area contributed by atoms with Crippen molar-refractivity contribution in [3.8, 4) is 0 Å². The average molecular weight is 303 g/mol. The average Bonchev–Trinajstić information content (AvgIpc) is 2.49. The summed E-state index contributed by atoms with van der Waals surface area (Å²) in [5.41, 5.74) is 2.04. The summed E-state index contributed by atoms with van der Waals surface area (Å²) >= 11 is 6.14. The number of halogens is 1. The zero-order chi connectivity index (χ0) is 15.2. The second kappa shape index (κ2) is 6.90. The number of benzene rings is 2. The topological polar surface area (TPSA) is 58.2 Å². The standard InChI is InChI=1S/C16H15ClN2O2/c1-11(20)18-13-7-9-14(10-8-13)19-16(21)15(17)12-5-3-2-4-6-12/h2-10,15H,1H3,(H,18,20)(H,19,21)/t15-/m1/s1. The van der Waals surface area contributed by atoms with Gasteiger partial charge in [0.2, 0.25) is 11.8 Å². The van der Waals surface area contributed by atoms with Gasteiger partial charge in [0, 0.05) is 18.3 Å². The van der Waals surface area contributed by atoms with E-state index in [0.29, 0.717) is 11.4 Å². The summed E-state index contributed by atoms with van der Waals surface area (Å²) in [7, 11) is 0. The number of carbonyl (C=O) groups excluding carboxylic acids is 2. The van der Waals surface area contributed by atoms with Crippen LogP contribution in [0.2, 0.25) is 0 Å². The first-order chi connectivity index (χ1) is 10.1. The molecule has 0 unspecified atom stereocenters. The zero-order valence-corrected chi connectivity index (χ0v) is 12.2. The molecule has 0 saturated heterocycles. The van der Waals surface area contributed by atoms with Crippen LogP contribution >= 0.6 is 11.6 Å². The largest absolute Gasteiger partial charge is 0.326 e. The molecule has 21 heavy (non-hydrogen) atoms. The van der Waals surface area contributed by atoms with Gasteiger partial charge in [-0.15, -0.1) is 11.6 Å². The van der Waals surface area contributed by atoms with Crippen molar-refractivity contribution < 1.29 is 9.59 Å². The van der Waals surface area contributed by atoms with Gasteiger partial charge in [0.1, 0.15) is 5.38 Å². The van der Waals surface area contributed by atoms with Gasteiger partial charge < -0.3 is 10.6 Å². The van der Waals surface area contributed by atoms with Crippen molar-refractivity contribution in [2.45, 2.75) is 12.3 Å². The molecule has 0 spiro atoms. The Bertz CT molecular complexity index is 626. The van der Waals surface area contributed by atoms with Crippen molar-refractivity contribution >= 4 is 34.8 Å². The summed E-state index contributed by atoms with van der Waals surface area (Å²) in [5, 5.41) is 4.64. The molecule has 0 aliphatic heterocycles. The lowest BCUT2D eigenvalue weighted by Gasteiger charge is -2.11. The Morgan fingerprint density at radius 3 is 1.95 bits per heavy atom. The van der Waals surface area contributed by atoms with Crippen LogP contribution in [0.5, 0.6) is 0 Å². The van der Waals surface area contributed by atoms with Crippen LogP contribution in [0.15, 0.2) is 54.6 Å². The van der Waals surface area contributed by atoms with Crippen molar-refractivity contribution in [2.75, 3.05) is 10.6 Å². The molecular weight excluding hydrogens is 288 g/mol. The van der Waals surface area contributed by atoms with Gasteiger partial charge in [-0.05, 0) is 29.8 Å². The molecule has 2 N–H and O–H groups in total. The summed E-state index contributed by atoms with van der Waals surface area (Å²) in [5.74, 6) is -0.438. The van der Waals surface area contributed by atoms with E-state index in [1.165, 1.54) is 6.92 Å². The van der Waals surface area contributed by atoms with Crippen LogP contribution in [0.1, 0.15) is 17.9 Å². The Balaban J connectivity index is 2.01. The van der Waals surface area contributed by atoms with Gasteiger partial charge in [0.05, 0.1) is 0 Å². The molecule has 0 radical (unpaired) electrons. The molecule has 1 atom stereocenters. The second-order valence-electron chi connectivity index (χ2n) is 4.52. The zero-order valence-electron chi connectivity index (χ0n) is 11.5. The van der Waals surface area contributed by atoms with Gasteiger partial charge >= 0.3 is 0 Å². The minimum absolute atomic E-state index is 0.142. The lowest BCUT2D eigenvalue weighted by atomic mass is 10.1. The number of alkyl halides is 1. The van der Waals surface area contributed by atoms with Crippen molar-refractivity contribution in [1.29, 1.82) is 0 Å². The van der Waals surface area contributed by atoms with E-state index < -0.39 is 5.38 Å². The highest BCUT2D eigenvalue weighted by atomic mass is 35.5. The third-order valence-electron chi connectivity index (χ3n) is 2.80. The normalized spacial score (nSPS) is 11.5. The molecule has 2 aromatic carbocycles. The molecule has 2 amide bonds. The van der Waals surface area contributed by atoms with Gasteiger partial charge in [-0.3, -0.25) is 9.59 Å². The number of carbonyl (C=O) groups is 2. The summed E-state index contributed by atoms with van der Waals surface area (Å²) in [6.45, 7) is 1.44. The Morgan fingerprint density at radius 2 is 1.43 bits per heavy atom. The number of anilines is 2. The second-order valence-corrected chi connectivity index (χ2v) is 4.96. The summed E-state index contributed by atoms with van der Waals surface area (Å²) in [4.78, 5) is 23.0. The molecule has 2 rings (SSSR count). The van der Waals surface area contributed by atoms with E-state index in [4.69, 9.17) is 11.6 Å². The van der Waals surface area contributed by atoms with Crippen molar-refractivity contribution in [3.63, 3.8) is 0 Å². The molecule has 5 heteroatoms. The van der Waals surface area contributed by atoms with Crippen molar-refractivity contribution in [1.82, 2.24) is 0 Å². The minimum Gasteiger partial charge on any atom is -0.326 e. The quantitative estimate of drug-likeness (QED) is 0.848. The smallest absolute Gasteiger partial charge is 0.246 e. The first-order valence-corrected chi connectivity index (χ1v) is 6.87. The van der Waals surface area contributed by atoms with Crippen molar-refractivity contribution in [3.05, 3.63) is 60.2 Å². The fourth-order valence-electron chi connectivity index (χ4n) is 1.82. The fourth-order valence-corrected chi connectivity index (χ4v) is 2.02. The molecule has 0 aliphatic rings. The van der Waals surface area contributed by atoms with Gasteiger partial charge in [-0.25, -0.2) is 0 Å². The van der Waals surface area contributed by atoms with Crippen LogP contribution in [-0.2, 0) is 9.59 Å². The Kier molecular flexibility index (Phi) is 4.95. The first kappa shape index (κ1) is 15.1. The molecule has 0 aliphatic carbocycles. The van der Waals surface area contributed by atoms with E-state index in [2.05, 4.69) is 10.6 Å². The Labute approximate surface area is 128 Å². The van der Waals surface area contributed by atoms with Gasteiger partial charge in [-0.1, -0.05) is 30.3 Å². The summed E-state index contributed by atoms with van der Waals surface area (Å²) in [6.07, 6.45) is 0. The van der Waals surface area contributed by atoms with E-state index in [1.54, 1.807) is 36.4 Å². The highest BCUT2D eigenvalue weighted by Gasteiger charge is 2.17. The van der Waals surface area contributed by atoms with E-state index in [1.807, 2.05) is 18.2 Å². The van der Waals surface area contributed by atoms with E-state index in [-0.39, 0.29) is 11.8 Å². The van der Waals surface area contributed by atoms with Crippen molar-refractivity contribution in [2.24, 2.45) is 0 Å². The minimum atomic E-state index is -0.749. The molecule has 108 valence electrons. The highest BCUT2D eigenvalue weighted by molar-refractivity contribution is 6.32. The lowest BCUT2D eigenvalue weighted by molar-refractivity contribution is -0.116. The predicted molar refractivity (Wildman–Crippen MR) is 84.4 cm³/mol. The third kappa shape index (κ3) is 4.33. The van der Waals surface area contributed by atoms with E-state index in [0.717, 1.165) is 5.56 Å². The van der Waals surface area contributed by atoms with E-state index >= 15 is 0 Å². The lowest BCUT2D eigenvalue weighted by Crippen LogP contribution is -2.17. The van der Waals surface area contributed by atoms with Gasteiger partial charge in [0.25, 0.3) is 0 Å². The number of hydrogen-bond donors (Lipinski definition) is 2. The predicted octanol–water partition coefficient (Wildman–Crippen LogP) is 3.56. The number of hydrogen-bond acceptors (Lipinski definition) is 2. The maximum Gasteiger partial charge on any atom is 0.246 e.